The number of rotatable bonds is 0. The molecule has 2 heteroatoms. The molecule has 2 atom stereocenters. The van der Waals surface area contributed by atoms with Crippen molar-refractivity contribution in [3.8, 4) is 0 Å². The van der Waals surface area contributed by atoms with Gasteiger partial charge in [-0.05, 0) is 12.8 Å². The van der Waals surface area contributed by atoms with E-state index in [0.29, 0.717) is 6.42 Å². The Hall–Kier alpha value is 0.220. The van der Waals surface area contributed by atoms with Gasteiger partial charge < -0.3 is 0 Å². The van der Waals surface area contributed by atoms with Crippen LogP contribution in [-0.4, -0.2) is 11.5 Å². The van der Waals surface area contributed by atoms with Crippen LogP contribution in [0.1, 0.15) is 12.8 Å². The molecule has 0 aromatic heterocycles. The van der Waals surface area contributed by atoms with Gasteiger partial charge in [0, 0.05) is 0 Å². The van der Waals surface area contributed by atoms with E-state index in [1.54, 1.807) is 0 Å². The highest BCUT2D eigenvalue weighted by molar-refractivity contribution is 6.21. The van der Waals surface area contributed by atoms with Gasteiger partial charge in [-0.25, -0.2) is 4.39 Å². The highest BCUT2D eigenvalue weighted by Crippen LogP contribution is 2.27. The van der Waals surface area contributed by atoms with Crippen molar-refractivity contribution in [2.24, 2.45) is 0 Å². The first kappa shape index (κ1) is 4.38. The van der Waals surface area contributed by atoms with Gasteiger partial charge in [-0.1, -0.05) is 0 Å². The SMILES string of the molecule is FC1CCC1Cl. The van der Waals surface area contributed by atoms with E-state index in [0.717, 1.165) is 6.42 Å². The molecule has 0 aromatic carbocycles. The van der Waals surface area contributed by atoms with E-state index < -0.39 is 6.17 Å². The molecule has 0 aliphatic heterocycles. The van der Waals surface area contributed by atoms with Crippen molar-refractivity contribution in [3.05, 3.63) is 0 Å². The summed E-state index contributed by atoms with van der Waals surface area (Å²) in [5.41, 5.74) is 0. The van der Waals surface area contributed by atoms with Gasteiger partial charge in [-0.15, -0.1) is 11.6 Å². The Morgan fingerprint density at radius 1 is 1.50 bits per heavy atom. The molecular weight excluding hydrogens is 102 g/mol. The third kappa shape index (κ3) is 0.515. The molecule has 0 aromatic rings. The lowest BCUT2D eigenvalue weighted by atomic mass is 9.97. The average molecular weight is 109 g/mol. The highest BCUT2D eigenvalue weighted by atomic mass is 35.5. The van der Waals surface area contributed by atoms with Crippen LogP contribution in [0.2, 0.25) is 0 Å². The van der Waals surface area contributed by atoms with Crippen LogP contribution in [0.5, 0.6) is 0 Å². The predicted octanol–water partition coefficient (Wildman–Crippen LogP) is 1.73. The molecule has 0 saturated heterocycles. The fourth-order valence-electron chi connectivity index (χ4n) is 0.419. The Morgan fingerprint density at radius 2 is 2.00 bits per heavy atom. The van der Waals surface area contributed by atoms with E-state index in [1.165, 1.54) is 0 Å². The van der Waals surface area contributed by atoms with Gasteiger partial charge in [0.2, 0.25) is 0 Å². The summed E-state index contributed by atoms with van der Waals surface area (Å²) >= 11 is 5.32. The Labute approximate surface area is 41.3 Å². The largest absolute Gasteiger partial charge is 0.246 e. The maximum absolute atomic E-state index is 11.8. The molecule has 0 spiro atoms. The summed E-state index contributed by atoms with van der Waals surface area (Å²) in [5.74, 6) is 0. The van der Waals surface area contributed by atoms with Crippen molar-refractivity contribution in [1.82, 2.24) is 0 Å². The van der Waals surface area contributed by atoms with E-state index in [4.69, 9.17) is 11.6 Å². The van der Waals surface area contributed by atoms with Crippen LogP contribution >= 0.6 is 11.6 Å². The first-order chi connectivity index (χ1) is 2.80. The standard InChI is InChI=1S/C4H6ClF/c5-3-1-2-4(3)6/h3-4H,1-2H2. The topological polar surface area (TPSA) is 0 Å². The van der Waals surface area contributed by atoms with Crippen LogP contribution in [0.4, 0.5) is 4.39 Å². The molecule has 1 fully saturated rings. The van der Waals surface area contributed by atoms with Gasteiger partial charge in [0.25, 0.3) is 0 Å². The van der Waals surface area contributed by atoms with Crippen LogP contribution in [-0.2, 0) is 0 Å². The molecule has 2 unspecified atom stereocenters. The summed E-state index contributed by atoms with van der Waals surface area (Å²) in [4.78, 5) is 0. The molecule has 0 heterocycles. The Balaban J connectivity index is 2.20. The second-order valence-electron chi connectivity index (χ2n) is 1.61. The maximum atomic E-state index is 11.8. The Kier molecular flexibility index (Phi) is 1.00. The zero-order chi connectivity index (χ0) is 4.57. The minimum atomic E-state index is -0.702. The quantitative estimate of drug-likeness (QED) is 0.415. The second-order valence-corrected chi connectivity index (χ2v) is 2.17. The van der Waals surface area contributed by atoms with E-state index in [1.807, 2.05) is 0 Å². The lowest BCUT2D eigenvalue weighted by Gasteiger charge is -2.23. The van der Waals surface area contributed by atoms with Gasteiger partial charge >= 0.3 is 0 Å². The second kappa shape index (κ2) is 1.38. The van der Waals surface area contributed by atoms with E-state index in [2.05, 4.69) is 0 Å². The molecule has 1 rings (SSSR count). The number of alkyl halides is 2. The molecule has 6 heavy (non-hydrogen) atoms. The van der Waals surface area contributed by atoms with Crippen molar-refractivity contribution < 1.29 is 4.39 Å². The third-order valence-electron chi connectivity index (χ3n) is 1.11. The molecular formula is C4H6ClF. The van der Waals surface area contributed by atoms with Crippen molar-refractivity contribution >= 4 is 11.6 Å². The molecule has 0 N–H and O–H groups in total. The van der Waals surface area contributed by atoms with E-state index >= 15 is 0 Å². The normalized spacial score (nSPS) is 45.0. The predicted molar refractivity (Wildman–Crippen MR) is 23.8 cm³/mol. The highest BCUT2D eigenvalue weighted by Gasteiger charge is 2.27. The lowest BCUT2D eigenvalue weighted by Crippen LogP contribution is -2.27. The summed E-state index contributed by atoms with van der Waals surface area (Å²) in [7, 11) is 0. The maximum Gasteiger partial charge on any atom is 0.116 e. The van der Waals surface area contributed by atoms with Gasteiger partial charge in [0.1, 0.15) is 6.17 Å². The zero-order valence-electron chi connectivity index (χ0n) is 3.32. The molecule has 1 aliphatic carbocycles. The molecule has 0 radical (unpaired) electrons. The van der Waals surface area contributed by atoms with Crippen molar-refractivity contribution in [2.75, 3.05) is 0 Å². The molecule has 36 valence electrons. The summed E-state index contributed by atoms with van der Waals surface area (Å²) in [6.07, 6.45) is 0.836. The van der Waals surface area contributed by atoms with Crippen LogP contribution in [0, 0.1) is 0 Å². The molecule has 0 amide bonds. The summed E-state index contributed by atoms with van der Waals surface area (Å²) in [6.45, 7) is 0. The van der Waals surface area contributed by atoms with Crippen LogP contribution < -0.4 is 0 Å². The van der Waals surface area contributed by atoms with Crippen LogP contribution in [0.25, 0.3) is 0 Å². The molecule has 0 nitrogen and oxygen atoms in total. The molecule has 1 saturated carbocycles. The van der Waals surface area contributed by atoms with Gasteiger partial charge in [-0.2, -0.15) is 0 Å². The minimum absolute atomic E-state index is 0.162. The van der Waals surface area contributed by atoms with Crippen molar-refractivity contribution in [1.29, 1.82) is 0 Å². The van der Waals surface area contributed by atoms with Crippen LogP contribution in [0.15, 0.2) is 0 Å². The van der Waals surface area contributed by atoms with Gasteiger partial charge in [0.05, 0.1) is 5.38 Å². The summed E-state index contributed by atoms with van der Waals surface area (Å²) < 4.78 is 11.8. The summed E-state index contributed by atoms with van der Waals surface area (Å²) in [6, 6.07) is 0. The fraction of sp³-hybridized carbons (Fsp3) is 1.00. The molecule has 1 aliphatic rings. The van der Waals surface area contributed by atoms with Gasteiger partial charge in [0.15, 0.2) is 0 Å². The van der Waals surface area contributed by atoms with Crippen molar-refractivity contribution in [3.63, 3.8) is 0 Å². The molecule has 0 bridgehead atoms. The first-order valence-corrected chi connectivity index (χ1v) is 2.52. The number of hydrogen-bond acceptors (Lipinski definition) is 0. The summed E-state index contributed by atoms with van der Waals surface area (Å²) in [5, 5.41) is -0.162. The minimum Gasteiger partial charge on any atom is -0.246 e. The van der Waals surface area contributed by atoms with E-state index in [-0.39, 0.29) is 5.38 Å². The monoisotopic (exact) mass is 108 g/mol. The average Bonchev–Trinajstić information content (AvgIpc) is 1.61. The first-order valence-electron chi connectivity index (χ1n) is 2.09. The number of hydrogen-bond donors (Lipinski definition) is 0. The van der Waals surface area contributed by atoms with E-state index in [9.17, 15) is 4.39 Å². The fourth-order valence-corrected chi connectivity index (χ4v) is 0.671. The Morgan fingerprint density at radius 3 is 2.00 bits per heavy atom. The van der Waals surface area contributed by atoms with Gasteiger partial charge in [-0.3, -0.25) is 0 Å². The van der Waals surface area contributed by atoms with Crippen molar-refractivity contribution in [2.45, 2.75) is 24.4 Å². The lowest BCUT2D eigenvalue weighted by molar-refractivity contribution is 0.218. The number of halogens is 2. The third-order valence-corrected chi connectivity index (χ3v) is 1.60. The Bertz CT molecular complexity index is 47.5. The zero-order valence-corrected chi connectivity index (χ0v) is 4.08. The van der Waals surface area contributed by atoms with Crippen LogP contribution in [0.3, 0.4) is 0 Å². The smallest absolute Gasteiger partial charge is 0.116 e.